The van der Waals surface area contributed by atoms with Gasteiger partial charge in [0.25, 0.3) is 5.69 Å². The minimum Gasteiger partial charge on any atom is -0.352 e. The van der Waals surface area contributed by atoms with Gasteiger partial charge in [0.1, 0.15) is 6.04 Å². The van der Waals surface area contributed by atoms with E-state index in [-0.39, 0.29) is 30.6 Å². The first-order valence-electron chi connectivity index (χ1n) is 10.4. The molecule has 2 aromatic rings. The summed E-state index contributed by atoms with van der Waals surface area (Å²) >= 11 is 12.1. The SMILES string of the molecule is CC[C@@H](C)NC(=O)[C@@H](CC)N(Cc1ccc(Cl)c(Cl)c1)C(=O)Cc1ccccc1[N+](=O)[O-]. The van der Waals surface area contributed by atoms with E-state index < -0.39 is 16.9 Å². The fourth-order valence-electron chi connectivity index (χ4n) is 3.30. The molecule has 32 heavy (non-hydrogen) atoms. The Morgan fingerprint density at radius 1 is 1.09 bits per heavy atom. The van der Waals surface area contributed by atoms with E-state index in [2.05, 4.69) is 5.32 Å². The second kappa shape index (κ2) is 11.8. The fourth-order valence-corrected chi connectivity index (χ4v) is 3.62. The number of nitrogens with zero attached hydrogens (tertiary/aromatic N) is 2. The molecule has 0 aliphatic carbocycles. The first kappa shape index (κ1) is 25.6. The predicted octanol–water partition coefficient (Wildman–Crippen LogP) is 5.17. The molecule has 0 aliphatic heterocycles. The molecule has 2 amide bonds. The number of carbonyl (C=O) groups is 2. The molecule has 0 bridgehead atoms. The quantitative estimate of drug-likeness (QED) is 0.375. The Balaban J connectivity index is 2.39. The monoisotopic (exact) mass is 479 g/mol. The summed E-state index contributed by atoms with van der Waals surface area (Å²) in [5.41, 5.74) is 0.858. The van der Waals surface area contributed by atoms with Crippen LogP contribution in [0.25, 0.3) is 0 Å². The van der Waals surface area contributed by atoms with Gasteiger partial charge in [0, 0.05) is 24.2 Å². The van der Waals surface area contributed by atoms with E-state index >= 15 is 0 Å². The van der Waals surface area contributed by atoms with E-state index in [9.17, 15) is 19.7 Å². The molecular weight excluding hydrogens is 453 g/mol. The van der Waals surface area contributed by atoms with E-state index in [1.165, 1.54) is 11.0 Å². The zero-order valence-corrected chi connectivity index (χ0v) is 19.8. The molecule has 0 saturated carbocycles. The third-order valence-corrected chi connectivity index (χ3v) is 5.99. The summed E-state index contributed by atoms with van der Waals surface area (Å²) in [6, 6.07) is 10.3. The maximum absolute atomic E-state index is 13.4. The smallest absolute Gasteiger partial charge is 0.273 e. The van der Waals surface area contributed by atoms with Crippen LogP contribution in [0.2, 0.25) is 10.0 Å². The van der Waals surface area contributed by atoms with Gasteiger partial charge in [0.2, 0.25) is 11.8 Å². The van der Waals surface area contributed by atoms with Crippen LogP contribution in [0, 0.1) is 10.1 Å². The van der Waals surface area contributed by atoms with Crippen molar-refractivity contribution in [3.05, 3.63) is 73.8 Å². The lowest BCUT2D eigenvalue weighted by atomic mass is 10.0. The lowest BCUT2D eigenvalue weighted by molar-refractivity contribution is -0.385. The van der Waals surface area contributed by atoms with Crippen molar-refractivity contribution < 1.29 is 14.5 Å². The molecule has 0 radical (unpaired) electrons. The zero-order valence-electron chi connectivity index (χ0n) is 18.3. The van der Waals surface area contributed by atoms with E-state index in [4.69, 9.17) is 23.2 Å². The number of benzene rings is 2. The van der Waals surface area contributed by atoms with E-state index in [1.54, 1.807) is 36.4 Å². The maximum atomic E-state index is 13.4. The number of rotatable bonds is 10. The number of nitro benzene ring substituents is 1. The van der Waals surface area contributed by atoms with Crippen LogP contribution < -0.4 is 5.32 Å². The highest BCUT2D eigenvalue weighted by Gasteiger charge is 2.30. The second-order valence-electron chi connectivity index (χ2n) is 7.57. The molecule has 7 nitrogen and oxygen atoms in total. The van der Waals surface area contributed by atoms with Gasteiger partial charge in [0.05, 0.1) is 21.4 Å². The summed E-state index contributed by atoms with van der Waals surface area (Å²) < 4.78 is 0. The number of amides is 2. The molecule has 2 rings (SSSR count). The van der Waals surface area contributed by atoms with Crippen molar-refractivity contribution in [1.82, 2.24) is 10.2 Å². The van der Waals surface area contributed by atoms with Crippen LogP contribution in [0.4, 0.5) is 5.69 Å². The van der Waals surface area contributed by atoms with Crippen molar-refractivity contribution in [3.63, 3.8) is 0 Å². The second-order valence-corrected chi connectivity index (χ2v) is 8.39. The predicted molar refractivity (Wildman–Crippen MR) is 126 cm³/mol. The molecule has 0 spiro atoms. The van der Waals surface area contributed by atoms with Crippen molar-refractivity contribution in [2.75, 3.05) is 0 Å². The zero-order chi connectivity index (χ0) is 23.8. The lowest BCUT2D eigenvalue weighted by Gasteiger charge is -2.31. The molecule has 1 N–H and O–H groups in total. The summed E-state index contributed by atoms with van der Waals surface area (Å²) in [4.78, 5) is 38.6. The Morgan fingerprint density at radius 3 is 2.38 bits per heavy atom. The Hall–Kier alpha value is -2.64. The topological polar surface area (TPSA) is 92.6 Å². The summed E-state index contributed by atoms with van der Waals surface area (Å²) in [7, 11) is 0. The molecule has 0 aliphatic rings. The van der Waals surface area contributed by atoms with Crippen molar-refractivity contribution in [2.24, 2.45) is 0 Å². The summed E-state index contributed by atoms with van der Waals surface area (Å²) in [5.74, 6) is -0.658. The van der Waals surface area contributed by atoms with Gasteiger partial charge in [-0.25, -0.2) is 0 Å². The molecule has 0 aromatic heterocycles. The lowest BCUT2D eigenvalue weighted by Crippen LogP contribution is -2.51. The van der Waals surface area contributed by atoms with Gasteiger partial charge in [-0.05, 0) is 37.5 Å². The Kier molecular flexibility index (Phi) is 9.47. The normalized spacial score (nSPS) is 12.7. The van der Waals surface area contributed by atoms with Crippen LogP contribution in [-0.2, 0) is 22.6 Å². The number of nitro groups is 1. The van der Waals surface area contributed by atoms with Crippen LogP contribution in [0.5, 0.6) is 0 Å². The summed E-state index contributed by atoms with van der Waals surface area (Å²) in [6.45, 7) is 5.78. The molecule has 2 atom stereocenters. The minimum absolute atomic E-state index is 0.0475. The van der Waals surface area contributed by atoms with E-state index in [0.717, 1.165) is 6.42 Å². The highest BCUT2D eigenvalue weighted by Crippen LogP contribution is 2.25. The van der Waals surface area contributed by atoms with E-state index in [0.29, 0.717) is 27.6 Å². The Labute approximate surface area is 197 Å². The molecule has 9 heteroatoms. The molecular formula is C23H27Cl2N3O4. The van der Waals surface area contributed by atoms with Crippen molar-refractivity contribution >= 4 is 40.7 Å². The molecule has 2 aromatic carbocycles. The molecule has 0 unspecified atom stereocenters. The number of para-hydroxylation sites is 1. The molecule has 0 heterocycles. The van der Waals surface area contributed by atoms with Gasteiger partial charge in [-0.15, -0.1) is 0 Å². The third-order valence-electron chi connectivity index (χ3n) is 5.25. The first-order valence-corrected chi connectivity index (χ1v) is 11.2. The minimum atomic E-state index is -0.742. The Morgan fingerprint density at radius 2 is 1.78 bits per heavy atom. The van der Waals surface area contributed by atoms with Gasteiger partial charge in [0.15, 0.2) is 0 Å². The Bertz CT molecular complexity index is 983. The van der Waals surface area contributed by atoms with Crippen LogP contribution in [0.1, 0.15) is 44.7 Å². The first-order chi connectivity index (χ1) is 15.2. The number of carbonyl (C=O) groups excluding carboxylic acids is 2. The summed E-state index contributed by atoms with van der Waals surface area (Å²) in [6.07, 6.45) is 0.928. The highest BCUT2D eigenvalue weighted by molar-refractivity contribution is 6.42. The van der Waals surface area contributed by atoms with Crippen LogP contribution in [0.3, 0.4) is 0 Å². The van der Waals surface area contributed by atoms with Gasteiger partial charge >= 0.3 is 0 Å². The third kappa shape index (κ3) is 6.68. The molecule has 0 fully saturated rings. The largest absolute Gasteiger partial charge is 0.352 e. The van der Waals surface area contributed by atoms with Crippen molar-refractivity contribution in [3.8, 4) is 0 Å². The van der Waals surface area contributed by atoms with Crippen LogP contribution in [0.15, 0.2) is 42.5 Å². The van der Waals surface area contributed by atoms with Gasteiger partial charge in [-0.2, -0.15) is 0 Å². The van der Waals surface area contributed by atoms with Crippen LogP contribution in [-0.4, -0.2) is 33.7 Å². The molecule has 0 saturated heterocycles. The van der Waals surface area contributed by atoms with Gasteiger partial charge < -0.3 is 10.2 Å². The highest BCUT2D eigenvalue weighted by atomic mass is 35.5. The average Bonchev–Trinajstić information content (AvgIpc) is 2.76. The average molecular weight is 480 g/mol. The van der Waals surface area contributed by atoms with Gasteiger partial charge in [-0.3, -0.25) is 19.7 Å². The number of nitrogens with one attached hydrogen (secondary N) is 1. The number of hydrogen-bond donors (Lipinski definition) is 1. The fraction of sp³-hybridized carbons (Fsp3) is 0.391. The van der Waals surface area contributed by atoms with E-state index in [1.807, 2.05) is 20.8 Å². The molecule has 172 valence electrons. The maximum Gasteiger partial charge on any atom is 0.273 e. The van der Waals surface area contributed by atoms with Crippen molar-refractivity contribution in [1.29, 1.82) is 0 Å². The standard InChI is InChI=1S/C23H27Cl2N3O4/c1-4-15(3)26-23(30)20(5-2)27(14-16-10-11-18(24)19(25)12-16)22(29)13-17-8-6-7-9-21(17)28(31)32/h6-12,15,20H,4-5,13-14H2,1-3H3,(H,26,30)/t15-,20-/m1/s1. The number of halogens is 2. The van der Waals surface area contributed by atoms with Gasteiger partial charge in [-0.1, -0.05) is 61.3 Å². The van der Waals surface area contributed by atoms with Crippen LogP contribution >= 0.6 is 23.2 Å². The van der Waals surface area contributed by atoms with Crippen molar-refractivity contribution in [2.45, 2.75) is 58.7 Å². The summed E-state index contributed by atoms with van der Waals surface area (Å²) in [5, 5.41) is 15.0. The number of hydrogen-bond acceptors (Lipinski definition) is 4.